The Morgan fingerprint density at radius 1 is 1.23 bits per heavy atom. The number of amides is 1. The van der Waals surface area contributed by atoms with Gasteiger partial charge < -0.3 is 24.6 Å². The second kappa shape index (κ2) is 12.2. The molecule has 0 aromatic carbocycles. The average molecular weight is 519 g/mol. The van der Waals surface area contributed by atoms with E-state index in [-0.39, 0.29) is 32.1 Å². The summed E-state index contributed by atoms with van der Waals surface area (Å²) in [6.45, 7) is 2.39. The lowest BCUT2D eigenvalue weighted by atomic mass is 10.2. The molecule has 1 amide bonds. The van der Waals surface area contributed by atoms with Crippen molar-refractivity contribution in [3.05, 3.63) is 45.5 Å². The Balaban J connectivity index is 1.45. The number of nitrogens with one attached hydrogen (secondary N) is 2. The Morgan fingerprint density at radius 2 is 1.97 bits per heavy atom. The number of aromatic amines is 1. The van der Waals surface area contributed by atoms with E-state index < -0.39 is 29.0 Å². The number of methoxy groups -OCH3 is 1. The SMILES string of the molecule is COCC(COCCC(=O)N1CCN(c2ccc(Cl)cn2)CC1)Nc1cn[nH]c(=O)c1C(F)(F)F. The van der Waals surface area contributed by atoms with Crippen LogP contribution in [-0.4, -0.2) is 85.1 Å². The number of H-pyrrole nitrogens is 1. The number of hydrogen-bond donors (Lipinski definition) is 2. The molecule has 14 heteroatoms. The third-order valence-electron chi connectivity index (χ3n) is 5.31. The fourth-order valence-electron chi connectivity index (χ4n) is 3.62. The third-order valence-corrected chi connectivity index (χ3v) is 5.54. The fourth-order valence-corrected chi connectivity index (χ4v) is 3.74. The van der Waals surface area contributed by atoms with Crippen LogP contribution >= 0.6 is 11.6 Å². The molecule has 2 aromatic heterocycles. The third kappa shape index (κ3) is 7.54. The van der Waals surface area contributed by atoms with Gasteiger partial charge in [-0.3, -0.25) is 9.59 Å². The van der Waals surface area contributed by atoms with E-state index in [1.807, 2.05) is 6.07 Å². The second-order valence-corrected chi connectivity index (χ2v) is 8.25. The van der Waals surface area contributed by atoms with Crippen molar-refractivity contribution < 1.29 is 27.4 Å². The quantitative estimate of drug-likeness (QED) is 0.459. The lowest BCUT2D eigenvalue weighted by Gasteiger charge is -2.35. The minimum absolute atomic E-state index is 0.0126. The zero-order chi connectivity index (χ0) is 25.4. The van der Waals surface area contributed by atoms with E-state index in [0.29, 0.717) is 31.2 Å². The monoisotopic (exact) mass is 518 g/mol. The number of anilines is 2. The van der Waals surface area contributed by atoms with Crippen LogP contribution in [0.3, 0.4) is 0 Å². The molecular weight excluding hydrogens is 493 g/mol. The first-order valence-corrected chi connectivity index (χ1v) is 11.2. The van der Waals surface area contributed by atoms with E-state index >= 15 is 0 Å². The largest absolute Gasteiger partial charge is 0.423 e. The number of aromatic nitrogens is 3. The number of carbonyl (C=O) groups excluding carboxylic acids is 1. The maximum Gasteiger partial charge on any atom is 0.423 e. The molecule has 3 heterocycles. The minimum atomic E-state index is -4.86. The van der Waals surface area contributed by atoms with Gasteiger partial charge >= 0.3 is 6.18 Å². The van der Waals surface area contributed by atoms with Crippen molar-refractivity contribution in [2.24, 2.45) is 0 Å². The van der Waals surface area contributed by atoms with Gasteiger partial charge in [0.05, 0.1) is 49.2 Å². The topological polar surface area (TPSA) is 113 Å². The Bertz CT molecular complexity index is 1030. The summed E-state index contributed by atoms with van der Waals surface area (Å²) in [4.78, 5) is 32.2. The molecule has 1 aliphatic heterocycles. The van der Waals surface area contributed by atoms with Gasteiger partial charge in [-0.05, 0) is 12.1 Å². The van der Waals surface area contributed by atoms with Crippen molar-refractivity contribution in [3.8, 4) is 0 Å². The van der Waals surface area contributed by atoms with Crippen LogP contribution in [0, 0.1) is 0 Å². The van der Waals surface area contributed by atoms with Crippen molar-refractivity contribution in [2.45, 2.75) is 18.6 Å². The van der Waals surface area contributed by atoms with Gasteiger partial charge in [0.1, 0.15) is 11.4 Å². The molecule has 1 fully saturated rings. The summed E-state index contributed by atoms with van der Waals surface area (Å²) in [5.41, 5.74) is -3.20. The van der Waals surface area contributed by atoms with Gasteiger partial charge in [0.2, 0.25) is 5.91 Å². The lowest BCUT2D eigenvalue weighted by Crippen LogP contribution is -2.49. The number of carbonyl (C=O) groups is 1. The molecule has 1 saturated heterocycles. The van der Waals surface area contributed by atoms with Gasteiger partial charge in [-0.1, -0.05) is 11.6 Å². The van der Waals surface area contributed by atoms with E-state index in [1.165, 1.54) is 7.11 Å². The molecule has 0 radical (unpaired) electrons. The number of rotatable bonds is 10. The van der Waals surface area contributed by atoms with Gasteiger partial charge in [-0.25, -0.2) is 10.1 Å². The predicted octanol–water partition coefficient (Wildman–Crippen LogP) is 2.02. The highest BCUT2D eigenvalue weighted by molar-refractivity contribution is 6.30. The van der Waals surface area contributed by atoms with Crippen LogP contribution in [0.5, 0.6) is 0 Å². The molecule has 3 rings (SSSR count). The van der Waals surface area contributed by atoms with Crippen LogP contribution in [-0.2, 0) is 20.4 Å². The normalized spacial score (nSPS) is 15.2. The molecule has 192 valence electrons. The molecule has 0 saturated carbocycles. The highest BCUT2D eigenvalue weighted by atomic mass is 35.5. The van der Waals surface area contributed by atoms with Gasteiger partial charge in [0.15, 0.2) is 0 Å². The van der Waals surface area contributed by atoms with Crippen LogP contribution in [0.2, 0.25) is 5.02 Å². The molecule has 0 aliphatic carbocycles. The fraction of sp³-hybridized carbons (Fsp3) is 0.524. The lowest BCUT2D eigenvalue weighted by molar-refractivity contribution is -0.138. The number of alkyl halides is 3. The van der Waals surface area contributed by atoms with E-state index in [9.17, 15) is 22.8 Å². The number of halogens is 4. The number of piperazine rings is 1. The highest BCUT2D eigenvalue weighted by Crippen LogP contribution is 2.31. The summed E-state index contributed by atoms with van der Waals surface area (Å²) >= 11 is 5.87. The molecule has 2 N–H and O–H groups in total. The van der Waals surface area contributed by atoms with E-state index in [4.69, 9.17) is 21.1 Å². The molecular formula is C21H26ClF3N6O4. The Morgan fingerprint density at radius 3 is 2.60 bits per heavy atom. The molecule has 0 spiro atoms. The molecule has 1 unspecified atom stereocenters. The van der Waals surface area contributed by atoms with E-state index in [2.05, 4.69) is 20.3 Å². The summed E-state index contributed by atoms with van der Waals surface area (Å²) in [5.74, 6) is 0.717. The molecule has 35 heavy (non-hydrogen) atoms. The summed E-state index contributed by atoms with van der Waals surface area (Å²) in [6.07, 6.45) is -2.28. The van der Waals surface area contributed by atoms with Gasteiger partial charge in [0.25, 0.3) is 5.56 Å². The molecule has 1 aliphatic rings. The molecule has 1 atom stereocenters. The van der Waals surface area contributed by atoms with Crippen LogP contribution in [0.1, 0.15) is 12.0 Å². The van der Waals surface area contributed by atoms with Crippen molar-refractivity contribution >= 4 is 29.0 Å². The van der Waals surface area contributed by atoms with Crippen molar-refractivity contribution in [3.63, 3.8) is 0 Å². The first-order valence-electron chi connectivity index (χ1n) is 10.8. The van der Waals surface area contributed by atoms with Crippen molar-refractivity contribution in [2.75, 3.05) is 63.3 Å². The van der Waals surface area contributed by atoms with Gasteiger partial charge in [0, 0.05) is 39.5 Å². The zero-order valence-corrected chi connectivity index (χ0v) is 19.7. The standard InChI is InChI=1S/C21H26ClF3N6O4/c1-34-12-15(28-16-11-27-29-20(33)19(16)21(23,24)25)13-35-9-4-18(32)31-7-5-30(6-8-31)17-3-2-14(22)10-26-17/h2-3,10-11,15H,4-9,12-13H2,1H3,(H2,28,29,33). The van der Waals surface area contributed by atoms with Crippen molar-refractivity contribution in [1.29, 1.82) is 0 Å². The van der Waals surface area contributed by atoms with Gasteiger partial charge in [-0.15, -0.1) is 0 Å². The smallest absolute Gasteiger partial charge is 0.382 e. The Hall–Kier alpha value is -2.90. The first kappa shape index (κ1) is 26.7. The Kier molecular flexibility index (Phi) is 9.29. The number of hydrogen-bond acceptors (Lipinski definition) is 8. The maximum absolute atomic E-state index is 13.3. The van der Waals surface area contributed by atoms with Gasteiger partial charge in [-0.2, -0.15) is 18.3 Å². The second-order valence-electron chi connectivity index (χ2n) is 7.81. The number of ether oxygens (including phenoxy) is 2. The summed E-state index contributed by atoms with van der Waals surface area (Å²) in [5, 5.41) is 8.37. The van der Waals surface area contributed by atoms with Crippen molar-refractivity contribution in [1.82, 2.24) is 20.1 Å². The summed E-state index contributed by atoms with van der Waals surface area (Å²) in [7, 11) is 1.39. The van der Waals surface area contributed by atoms with Crippen LogP contribution in [0.25, 0.3) is 0 Å². The first-order chi connectivity index (χ1) is 16.7. The minimum Gasteiger partial charge on any atom is -0.382 e. The molecule has 10 nitrogen and oxygen atoms in total. The number of nitrogens with zero attached hydrogens (tertiary/aromatic N) is 4. The maximum atomic E-state index is 13.3. The van der Waals surface area contributed by atoms with Crippen LogP contribution in [0.15, 0.2) is 29.3 Å². The predicted molar refractivity (Wildman–Crippen MR) is 123 cm³/mol. The van der Waals surface area contributed by atoms with E-state index in [0.717, 1.165) is 12.0 Å². The average Bonchev–Trinajstić information content (AvgIpc) is 2.81. The molecule has 2 aromatic rings. The van der Waals surface area contributed by atoms with Crippen LogP contribution in [0.4, 0.5) is 24.7 Å². The Labute approximate surface area is 204 Å². The number of pyridine rings is 1. The van der Waals surface area contributed by atoms with E-state index in [1.54, 1.807) is 22.3 Å². The summed E-state index contributed by atoms with van der Waals surface area (Å²) < 4.78 is 50.3. The highest BCUT2D eigenvalue weighted by Gasteiger charge is 2.37. The molecule has 0 bridgehead atoms. The summed E-state index contributed by atoms with van der Waals surface area (Å²) in [6, 6.07) is 2.90. The van der Waals surface area contributed by atoms with Crippen LogP contribution < -0.4 is 15.8 Å². The zero-order valence-electron chi connectivity index (χ0n) is 19.0.